The summed E-state index contributed by atoms with van der Waals surface area (Å²) in [5.41, 5.74) is 3.68. The fourth-order valence-electron chi connectivity index (χ4n) is 5.54. The molecule has 4 fully saturated rings. The molecule has 1 atom stereocenters. The average molecular weight is 484 g/mol. The van der Waals surface area contributed by atoms with E-state index in [1.165, 1.54) is 47.4 Å². The van der Waals surface area contributed by atoms with E-state index in [1.807, 2.05) is 0 Å². The number of thiophene rings is 1. The zero-order valence-electron chi connectivity index (χ0n) is 18.7. The number of hydrogen-bond donors (Lipinski definition) is 1. The van der Waals surface area contributed by atoms with Crippen molar-refractivity contribution in [2.24, 2.45) is 5.92 Å². The maximum Gasteiger partial charge on any atom is 0.261 e. The first kappa shape index (κ1) is 22.7. The first-order valence-electron chi connectivity index (χ1n) is 11.7. The number of benzene rings is 2. The molecule has 0 spiro atoms. The van der Waals surface area contributed by atoms with Gasteiger partial charge >= 0.3 is 0 Å². The summed E-state index contributed by atoms with van der Waals surface area (Å²) in [6.45, 7) is 6.72. The van der Waals surface area contributed by atoms with Crippen LogP contribution in [0, 0.1) is 5.92 Å². The number of piperidine rings is 3. The molecule has 2 bridgehead atoms. The van der Waals surface area contributed by atoms with E-state index in [0.29, 0.717) is 5.92 Å². The molecule has 5 nitrogen and oxygen atoms in total. The molecule has 1 aromatic heterocycles. The maximum atomic E-state index is 13.2. The van der Waals surface area contributed by atoms with Gasteiger partial charge in [-0.2, -0.15) is 0 Å². The van der Waals surface area contributed by atoms with Crippen LogP contribution in [0.5, 0.6) is 0 Å². The van der Waals surface area contributed by atoms with Crippen LogP contribution in [0.1, 0.15) is 22.5 Å². The van der Waals surface area contributed by atoms with Crippen molar-refractivity contribution in [3.8, 4) is 11.1 Å². The molecule has 7 rings (SSSR count). The number of amides is 1. The van der Waals surface area contributed by atoms with E-state index in [0.717, 1.165) is 43.1 Å². The molecule has 0 radical (unpaired) electrons. The number of rotatable bonds is 4. The molecule has 2 aromatic carbocycles. The summed E-state index contributed by atoms with van der Waals surface area (Å²) in [5, 5.41) is 4.50. The lowest BCUT2D eigenvalue weighted by molar-refractivity contribution is 0.0622. The van der Waals surface area contributed by atoms with Crippen molar-refractivity contribution in [2.75, 3.05) is 50.8 Å². The number of fused-ring (bicyclic) bond motifs is 4. The number of halogens is 1. The summed E-state index contributed by atoms with van der Waals surface area (Å²) in [4.78, 5) is 18.9. The Hall–Kier alpha value is -2.12. The SMILES string of the molecule is Cl.O=C(N[C@H]1CN2CCC1CC2)c1cc2cccc(-c3ccccc3N3CCOCC3)c2s1. The molecule has 7 heteroatoms. The second-order valence-electron chi connectivity index (χ2n) is 9.17. The largest absolute Gasteiger partial charge is 0.378 e. The van der Waals surface area contributed by atoms with Crippen LogP contribution in [0.2, 0.25) is 0 Å². The third-order valence-corrected chi connectivity index (χ3v) is 8.47. The van der Waals surface area contributed by atoms with Crippen LogP contribution in [0.3, 0.4) is 0 Å². The summed E-state index contributed by atoms with van der Waals surface area (Å²) in [5.74, 6) is 0.714. The van der Waals surface area contributed by atoms with E-state index in [4.69, 9.17) is 4.74 Å². The topological polar surface area (TPSA) is 44.8 Å². The Balaban J connectivity index is 0.00000228. The lowest BCUT2D eigenvalue weighted by Gasteiger charge is -2.44. The summed E-state index contributed by atoms with van der Waals surface area (Å²) in [7, 11) is 0. The van der Waals surface area contributed by atoms with Crippen LogP contribution in [0.15, 0.2) is 48.5 Å². The molecule has 4 saturated heterocycles. The second kappa shape index (κ2) is 9.63. The smallest absolute Gasteiger partial charge is 0.261 e. The number of anilines is 1. The van der Waals surface area contributed by atoms with Gasteiger partial charge in [-0.05, 0) is 49.4 Å². The Bertz CT molecular complexity index is 1140. The van der Waals surface area contributed by atoms with Gasteiger partial charge < -0.3 is 19.9 Å². The number of para-hydroxylation sites is 1. The lowest BCUT2D eigenvalue weighted by Crippen LogP contribution is -2.57. The molecule has 3 aromatic rings. The van der Waals surface area contributed by atoms with Gasteiger partial charge in [-0.3, -0.25) is 4.79 Å². The van der Waals surface area contributed by atoms with E-state index < -0.39 is 0 Å². The Morgan fingerprint density at radius 3 is 2.48 bits per heavy atom. The molecule has 1 N–H and O–H groups in total. The fourth-order valence-corrected chi connectivity index (χ4v) is 6.63. The predicted octanol–water partition coefficient (Wildman–Crippen LogP) is 4.65. The van der Waals surface area contributed by atoms with Gasteiger partial charge in [0.2, 0.25) is 0 Å². The van der Waals surface area contributed by atoms with E-state index in [1.54, 1.807) is 11.3 Å². The molecule has 1 amide bonds. The highest BCUT2D eigenvalue weighted by atomic mass is 35.5. The van der Waals surface area contributed by atoms with Gasteiger partial charge in [0.05, 0.1) is 18.1 Å². The zero-order valence-corrected chi connectivity index (χ0v) is 20.3. The third-order valence-electron chi connectivity index (χ3n) is 7.29. The molecular weight excluding hydrogens is 454 g/mol. The van der Waals surface area contributed by atoms with Gasteiger partial charge in [-0.15, -0.1) is 23.7 Å². The highest BCUT2D eigenvalue weighted by Gasteiger charge is 2.35. The highest BCUT2D eigenvalue weighted by molar-refractivity contribution is 7.21. The van der Waals surface area contributed by atoms with E-state index in [-0.39, 0.29) is 24.4 Å². The van der Waals surface area contributed by atoms with E-state index in [2.05, 4.69) is 63.6 Å². The summed E-state index contributed by atoms with van der Waals surface area (Å²) >= 11 is 1.62. The van der Waals surface area contributed by atoms with Crippen molar-refractivity contribution in [2.45, 2.75) is 18.9 Å². The molecule has 0 saturated carbocycles. The Labute approximate surface area is 205 Å². The number of hydrogen-bond acceptors (Lipinski definition) is 5. The molecule has 4 aliphatic heterocycles. The number of morpholine rings is 1. The number of nitrogens with zero attached hydrogens (tertiary/aromatic N) is 2. The number of carbonyl (C=O) groups is 1. The molecule has 0 aliphatic carbocycles. The minimum absolute atomic E-state index is 0. The summed E-state index contributed by atoms with van der Waals surface area (Å²) in [6, 6.07) is 17.4. The van der Waals surface area contributed by atoms with Crippen LogP contribution < -0.4 is 10.2 Å². The average Bonchev–Trinajstić information content (AvgIpc) is 3.30. The number of ether oxygens (including phenoxy) is 1. The quantitative estimate of drug-likeness (QED) is 0.586. The standard InChI is InChI=1S/C26H29N3O2S.ClH/c30-26(27-22-17-28-10-8-18(22)9-11-28)24-16-19-4-3-6-21(25(19)32-24)20-5-1-2-7-23(20)29-12-14-31-15-13-29;/h1-7,16,18,22H,8-15,17H2,(H,27,30);1H/t22-;/m0./s1. The predicted molar refractivity (Wildman–Crippen MR) is 138 cm³/mol. The van der Waals surface area contributed by atoms with Crippen LogP contribution in [0.4, 0.5) is 5.69 Å². The maximum absolute atomic E-state index is 13.2. The number of nitrogens with one attached hydrogen (secondary N) is 1. The van der Waals surface area contributed by atoms with Crippen LogP contribution in [-0.4, -0.2) is 62.8 Å². The molecule has 174 valence electrons. The lowest BCUT2D eigenvalue weighted by atomic mass is 9.84. The van der Waals surface area contributed by atoms with Gasteiger partial charge in [-0.25, -0.2) is 0 Å². The minimum atomic E-state index is 0. The van der Waals surface area contributed by atoms with Gasteiger partial charge in [0.1, 0.15) is 0 Å². The van der Waals surface area contributed by atoms with E-state index in [9.17, 15) is 4.79 Å². The van der Waals surface area contributed by atoms with Gasteiger partial charge in [-0.1, -0.05) is 36.4 Å². The van der Waals surface area contributed by atoms with Crippen LogP contribution >= 0.6 is 23.7 Å². The zero-order chi connectivity index (χ0) is 21.5. The van der Waals surface area contributed by atoms with Crippen molar-refractivity contribution < 1.29 is 9.53 Å². The Morgan fingerprint density at radius 1 is 0.970 bits per heavy atom. The molecular formula is C26H30ClN3O2S. The first-order valence-corrected chi connectivity index (χ1v) is 12.6. The first-order chi connectivity index (χ1) is 15.8. The number of carbonyl (C=O) groups excluding carboxylic acids is 1. The normalized spacial score (nSPS) is 24.5. The van der Waals surface area contributed by atoms with Crippen LogP contribution in [-0.2, 0) is 4.74 Å². The second-order valence-corrected chi connectivity index (χ2v) is 10.2. The van der Waals surface area contributed by atoms with Crippen molar-refractivity contribution in [1.82, 2.24) is 10.2 Å². The van der Waals surface area contributed by atoms with Crippen molar-refractivity contribution in [1.29, 1.82) is 0 Å². The summed E-state index contributed by atoms with van der Waals surface area (Å²) < 4.78 is 6.75. The molecule has 33 heavy (non-hydrogen) atoms. The Morgan fingerprint density at radius 2 is 1.73 bits per heavy atom. The molecule has 0 unspecified atom stereocenters. The van der Waals surface area contributed by atoms with Crippen molar-refractivity contribution >= 4 is 45.4 Å². The van der Waals surface area contributed by atoms with E-state index >= 15 is 0 Å². The Kier molecular flexibility index (Phi) is 6.61. The van der Waals surface area contributed by atoms with Gasteiger partial charge in [0, 0.05) is 47.2 Å². The minimum Gasteiger partial charge on any atom is -0.378 e. The monoisotopic (exact) mass is 483 g/mol. The van der Waals surface area contributed by atoms with Crippen molar-refractivity contribution in [3.05, 3.63) is 53.4 Å². The molecule has 4 aliphatic rings. The fraction of sp³-hybridized carbons (Fsp3) is 0.423. The van der Waals surface area contributed by atoms with Gasteiger partial charge in [0.15, 0.2) is 0 Å². The third kappa shape index (κ3) is 4.37. The van der Waals surface area contributed by atoms with Gasteiger partial charge in [0.25, 0.3) is 5.91 Å². The van der Waals surface area contributed by atoms with Crippen molar-refractivity contribution in [3.63, 3.8) is 0 Å². The highest BCUT2D eigenvalue weighted by Crippen LogP contribution is 2.39. The summed E-state index contributed by atoms with van der Waals surface area (Å²) in [6.07, 6.45) is 2.42. The van der Waals surface area contributed by atoms with Crippen LogP contribution in [0.25, 0.3) is 21.2 Å². The molecule has 5 heterocycles.